The number of nitrogens with zero attached hydrogens (tertiary/aromatic N) is 2. The van der Waals surface area contributed by atoms with Gasteiger partial charge < -0.3 is 0 Å². The van der Waals surface area contributed by atoms with Gasteiger partial charge in [0.2, 0.25) is 0 Å². The van der Waals surface area contributed by atoms with E-state index in [0.717, 1.165) is 16.6 Å². The first-order valence-corrected chi connectivity index (χ1v) is 6.10. The van der Waals surface area contributed by atoms with Crippen LogP contribution in [0.1, 0.15) is 4.88 Å². The number of nitriles is 1. The third-order valence-corrected chi connectivity index (χ3v) is 3.44. The molecule has 2 aromatic carbocycles. The second-order valence-electron chi connectivity index (χ2n) is 3.67. The van der Waals surface area contributed by atoms with Gasteiger partial charge in [0.05, 0.1) is 11.2 Å². The van der Waals surface area contributed by atoms with Crippen molar-refractivity contribution in [3.05, 3.63) is 52.9 Å². The Morgan fingerprint density at radius 3 is 2.76 bits per heavy atom. The number of fused-ring (bicyclic) bond motifs is 1. The maximum absolute atomic E-state index is 9.06. The van der Waals surface area contributed by atoms with Gasteiger partial charge in [-0.2, -0.15) is 5.26 Å². The maximum atomic E-state index is 9.06. The Balaban J connectivity index is 2.35. The fourth-order valence-electron chi connectivity index (χ4n) is 1.95. The Bertz CT molecular complexity index is 717. The Kier molecular flexibility index (Phi) is 2.36. The van der Waals surface area contributed by atoms with Crippen LogP contribution in [0, 0.1) is 11.3 Å². The van der Waals surface area contributed by atoms with E-state index >= 15 is 0 Å². The highest BCUT2D eigenvalue weighted by molar-refractivity contribution is 7.10. The molecular weight excluding hydrogens is 228 g/mol. The summed E-state index contributed by atoms with van der Waals surface area (Å²) in [5, 5.41) is 11.4. The van der Waals surface area contributed by atoms with Crippen molar-refractivity contribution in [3.63, 3.8) is 0 Å². The summed E-state index contributed by atoms with van der Waals surface area (Å²) >= 11 is 1.38. The van der Waals surface area contributed by atoms with Gasteiger partial charge in [-0.3, -0.25) is 0 Å². The van der Waals surface area contributed by atoms with E-state index < -0.39 is 0 Å². The van der Waals surface area contributed by atoms with Crippen LogP contribution in [-0.4, -0.2) is 4.98 Å². The number of rotatable bonds is 1. The predicted molar refractivity (Wildman–Crippen MR) is 69.8 cm³/mol. The van der Waals surface area contributed by atoms with Gasteiger partial charge in [0.1, 0.15) is 10.9 Å². The lowest BCUT2D eigenvalue weighted by atomic mass is 10.0. The number of benzene rings is 2. The minimum absolute atomic E-state index is 0.668. The third-order valence-electron chi connectivity index (χ3n) is 2.71. The van der Waals surface area contributed by atoms with Gasteiger partial charge in [0, 0.05) is 5.56 Å². The zero-order valence-corrected chi connectivity index (χ0v) is 9.74. The summed E-state index contributed by atoms with van der Waals surface area (Å²) < 4.78 is 0. The standard InChI is InChI=1S/C14H8N2S/c15-8-13-14(16-9-17-13)12-7-3-5-10-4-1-2-6-11(10)12/h1-7,9H. The lowest BCUT2D eigenvalue weighted by molar-refractivity contribution is 1.40. The topological polar surface area (TPSA) is 36.7 Å². The fourth-order valence-corrected chi connectivity index (χ4v) is 2.54. The zero-order valence-electron chi connectivity index (χ0n) is 8.92. The van der Waals surface area contributed by atoms with Crippen LogP contribution < -0.4 is 0 Å². The summed E-state index contributed by atoms with van der Waals surface area (Å²) in [6, 6.07) is 16.4. The summed E-state index contributed by atoms with van der Waals surface area (Å²) in [6.07, 6.45) is 0. The third kappa shape index (κ3) is 1.59. The molecule has 0 fully saturated rings. The number of hydrogen-bond acceptors (Lipinski definition) is 3. The predicted octanol–water partition coefficient (Wildman–Crippen LogP) is 3.83. The average molecular weight is 236 g/mol. The quantitative estimate of drug-likeness (QED) is 0.643. The molecule has 3 aromatic rings. The molecule has 1 aromatic heterocycles. The largest absolute Gasteiger partial charge is 0.243 e. The summed E-state index contributed by atoms with van der Waals surface area (Å²) in [4.78, 5) is 4.97. The fraction of sp³-hybridized carbons (Fsp3) is 0. The van der Waals surface area contributed by atoms with E-state index in [1.54, 1.807) is 5.51 Å². The van der Waals surface area contributed by atoms with E-state index in [1.165, 1.54) is 16.7 Å². The lowest BCUT2D eigenvalue weighted by Crippen LogP contribution is -1.83. The van der Waals surface area contributed by atoms with E-state index in [2.05, 4.69) is 29.3 Å². The summed E-state index contributed by atoms with van der Waals surface area (Å²) in [7, 11) is 0. The minimum Gasteiger partial charge on any atom is -0.243 e. The molecule has 0 aliphatic rings. The number of hydrogen-bond donors (Lipinski definition) is 0. The van der Waals surface area contributed by atoms with Crippen LogP contribution in [-0.2, 0) is 0 Å². The molecule has 0 atom stereocenters. The van der Waals surface area contributed by atoms with Crippen molar-refractivity contribution in [2.75, 3.05) is 0 Å². The van der Waals surface area contributed by atoms with Crippen LogP contribution in [0.3, 0.4) is 0 Å². The van der Waals surface area contributed by atoms with Crippen LogP contribution in [0.5, 0.6) is 0 Å². The molecule has 0 saturated carbocycles. The van der Waals surface area contributed by atoms with Gasteiger partial charge in [-0.15, -0.1) is 11.3 Å². The molecule has 0 spiro atoms. The minimum atomic E-state index is 0.668. The molecule has 0 N–H and O–H groups in total. The van der Waals surface area contributed by atoms with E-state index in [-0.39, 0.29) is 0 Å². The highest BCUT2D eigenvalue weighted by Crippen LogP contribution is 2.31. The first-order chi connectivity index (χ1) is 8.40. The zero-order chi connectivity index (χ0) is 11.7. The summed E-state index contributed by atoms with van der Waals surface area (Å²) in [5.41, 5.74) is 3.53. The van der Waals surface area contributed by atoms with E-state index in [1.807, 2.05) is 24.3 Å². The van der Waals surface area contributed by atoms with Crippen molar-refractivity contribution in [1.29, 1.82) is 5.26 Å². The second kappa shape index (κ2) is 4.00. The Morgan fingerprint density at radius 1 is 1.06 bits per heavy atom. The number of aromatic nitrogens is 1. The van der Waals surface area contributed by atoms with Gasteiger partial charge in [-0.05, 0) is 10.8 Å². The van der Waals surface area contributed by atoms with Crippen LogP contribution in [0.4, 0.5) is 0 Å². The first-order valence-electron chi connectivity index (χ1n) is 5.22. The number of thiazole rings is 1. The Hall–Kier alpha value is -2.18. The summed E-state index contributed by atoms with van der Waals surface area (Å²) in [5.74, 6) is 0. The van der Waals surface area contributed by atoms with E-state index in [9.17, 15) is 0 Å². The molecule has 1 heterocycles. The van der Waals surface area contributed by atoms with Gasteiger partial charge in [-0.25, -0.2) is 4.98 Å². The smallest absolute Gasteiger partial charge is 0.132 e. The SMILES string of the molecule is N#Cc1scnc1-c1cccc2ccccc12. The molecular formula is C14H8N2S. The van der Waals surface area contributed by atoms with Crippen molar-refractivity contribution < 1.29 is 0 Å². The average Bonchev–Trinajstić information content (AvgIpc) is 2.86. The normalized spacial score (nSPS) is 10.3. The Morgan fingerprint density at radius 2 is 1.88 bits per heavy atom. The van der Waals surface area contributed by atoms with Crippen LogP contribution in [0.15, 0.2) is 48.0 Å². The van der Waals surface area contributed by atoms with Crippen molar-refractivity contribution in [3.8, 4) is 17.3 Å². The van der Waals surface area contributed by atoms with Gasteiger partial charge in [-0.1, -0.05) is 42.5 Å². The molecule has 3 rings (SSSR count). The van der Waals surface area contributed by atoms with Crippen LogP contribution >= 0.6 is 11.3 Å². The summed E-state index contributed by atoms with van der Waals surface area (Å²) in [6.45, 7) is 0. The molecule has 2 nitrogen and oxygen atoms in total. The van der Waals surface area contributed by atoms with Crippen molar-refractivity contribution in [1.82, 2.24) is 4.98 Å². The second-order valence-corrected chi connectivity index (χ2v) is 4.52. The molecule has 80 valence electrons. The van der Waals surface area contributed by atoms with Gasteiger partial charge in [0.15, 0.2) is 0 Å². The van der Waals surface area contributed by atoms with Crippen LogP contribution in [0.25, 0.3) is 22.0 Å². The van der Waals surface area contributed by atoms with Crippen LogP contribution in [0.2, 0.25) is 0 Å². The highest BCUT2D eigenvalue weighted by Gasteiger charge is 2.10. The maximum Gasteiger partial charge on any atom is 0.132 e. The van der Waals surface area contributed by atoms with E-state index in [4.69, 9.17) is 5.26 Å². The Labute approximate surface area is 103 Å². The van der Waals surface area contributed by atoms with E-state index in [0.29, 0.717) is 4.88 Å². The molecule has 0 amide bonds. The van der Waals surface area contributed by atoms with Gasteiger partial charge in [0.25, 0.3) is 0 Å². The highest BCUT2D eigenvalue weighted by atomic mass is 32.1. The molecule has 0 bridgehead atoms. The molecule has 0 aliphatic heterocycles. The monoisotopic (exact) mass is 236 g/mol. The molecule has 3 heteroatoms. The lowest BCUT2D eigenvalue weighted by Gasteiger charge is -2.03. The van der Waals surface area contributed by atoms with Crippen molar-refractivity contribution in [2.24, 2.45) is 0 Å². The molecule has 0 radical (unpaired) electrons. The van der Waals surface area contributed by atoms with Gasteiger partial charge >= 0.3 is 0 Å². The first kappa shape index (κ1) is 10.0. The van der Waals surface area contributed by atoms with Crippen molar-refractivity contribution >= 4 is 22.1 Å². The molecule has 17 heavy (non-hydrogen) atoms. The van der Waals surface area contributed by atoms with Crippen molar-refractivity contribution in [2.45, 2.75) is 0 Å². The molecule has 0 aliphatic carbocycles. The molecule has 0 unspecified atom stereocenters. The molecule has 0 saturated heterocycles.